The summed E-state index contributed by atoms with van der Waals surface area (Å²) in [5.41, 5.74) is 5.98. The van der Waals surface area contributed by atoms with E-state index in [1.165, 1.54) is 18.9 Å². The average molecular weight is 725 g/mol. The first-order chi connectivity index (χ1) is 23.9. The number of methoxy groups -OCH3 is 1. The van der Waals surface area contributed by atoms with Gasteiger partial charge in [-0.1, -0.05) is 25.9 Å². The molecule has 290 valence electrons. The molecule has 3 aliphatic heterocycles. The normalized spacial score (nSPS) is 40.0. The minimum Gasteiger partial charge on any atom is -0.458 e. The van der Waals surface area contributed by atoms with Gasteiger partial charge in [-0.3, -0.25) is 19.3 Å². The predicted octanol–water partition coefficient (Wildman–Crippen LogP) is 3.58. The third-order valence-corrected chi connectivity index (χ3v) is 11.0. The fourth-order valence-electron chi connectivity index (χ4n) is 8.05. The van der Waals surface area contributed by atoms with E-state index in [0.717, 1.165) is 0 Å². The number of hydrogen-bond donors (Lipinski definition) is 2. The van der Waals surface area contributed by atoms with Crippen molar-refractivity contribution in [2.24, 2.45) is 22.9 Å². The Balaban J connectivity index is 2.07. The first kappa shape index (κ1) is 42.4. The number of fused-ring (bicyclic) bond motifs is 1. The molecule has 3 saturated heterocycles. The minimum atomic E-state index is -1.39. The van der Waals surface area contributed by atoms with Gasteiger partial charge in [0.2, 0.25) is 5.91 Å². The number of unbranched alkanes of at least 4 members (excludes halogenated alkanes) is 1. The molecular formula is C35H60N6O10. The van der Waals surface area contributed by atoms with Crippen molar-refractivity contribution < 1.29 is 48.0 Å². The second-order valence-corrected chi connectivity index (χ2v) is 15.1. The molecule has 16 nitrogen and oxygen atoms in total. The van der Waals surface area contributed by atoms with E-state index in [1.807, 2.05) is 25.9 Å². The van der Waals surface area contributed by atoms with Gasteiger partial charge in [-0.2, -0.15) is 0 Å². The maximum absolute atomic E-state index is 14.2. The topological polar surface area (TPSA) is 202 Å². The van der Waals surface area contributed by atoms with Crippen molar-refractivity contribution in [3.05, 3.63) is 10.4 Å². The molecule has 3 heterocycles. The predicted molar refractivity (Wildman–Crippen MR) is 186 cm³/mol. The third-order valence-electron chi connectivity index (χ3n) is 11.0. The highest BCUT2D eigenvalue weighted by molar-refractivity contribution is 6.00. The number of amides is 2. The van der Waals surface area contributed by atoms with E-state index in [9.17, 15) is 24.3 Å². The molecular weight excluding hydrogens is 664 g/mol. The van der Waals surface area contributed by atoms with Crippen LogP contribution >= 0.6 is 0 Å². The van der Waals surface area contributed by atoms with Gasteiger partial charge in [0.25, 0.3) is 0 Å². The highest BCUT2D eigenvalue weighted by Crippen LogP contribution is 2.40. The number of nitrogens with one attached hydrogen (secondary N) is 1. The number of carbonyl (C=O) groups is 4. The highest BCUT2D eigenvalue weighted by Gasteiger charge is 2.59. The Hall–Kier alpha value is -3.01. The van der Waals surface area contributed by atoms with Crippen LogP contribution in [0, 0.1) is 17.8 Å². The van der Waals surface area contributed by atoms with Gasteiger partial charge in [0.1, 0.15) is 18.1 Å². The van der Waals surface area contributed by atoms with Gasteiger partial charge in [-0.25, -0.2) is 4.79 Å². The SMILES string of the molecule is CC[C@H]1OC(=O)C(C)C(=O)[C@H](C)[C@@H](O[C@@H]2OC(C)CC(N(C)C)C2O)[C@](C)(OC)C[C@@H](C)C(=O)N[C@H](C)[C@H]2N(CCCCN=[N+]=[N-])C(=O)O[C@]12C. The van der Waals surface area contributed by atoms with Crippen LogP contribution in [0.3, 0.4) is 0 Å². The third kappa shape index (κ3) is 9.33. The Morgan fingerprint density at radius 2 is 1.78 bits per heavy atom. The van der Waals surface area contributed by atoms with Gasteiger partial charge in [0.15, 0.2) is 17.7 Å². The smallest absolute Gasteiger partial charge is 0.410 e. The van der Waals surface area contributed by atoms with E-state index in [-0.39, 0.29) is 44.0 Å². The summed E-state index contributed by atoms with van der Waals surface area (Å²) in [5.74, 6) is -4.52. The summed E-state index contributed by atoms with van der Waals surface area (Å²) in [6.07, 6.45) is -3.17. The van der Waals surface area contributed by atoms with E-state index in [2.05, 4.69) is 15.3 Å². The monoisotopic (exact) mass is 724 g/mol. The first-order valence-electron chi connectivity index (χ1n) is 18.1. The molecule has 51 heavy (non-hydrogen) atoms. The van der Waals surface area contributed by atoms with Crippen molar-refractivity contribution in [1.82, 2.24) is 15.1 Å². The number of ether oxygens (including phenoxy) is 5. The molecule has 3 aliphatic rings. The van der Waals surface area contributed by atoms with Crippen molar-refractivity contribution in [2.45, 2.75) is 148 Å². The van der Waals surface area contributed by atoms with Crippen LogP contribution in [0.2, 0.25) is 0 Å². The second kappa shape index (κ2) is 17.7. The van der Waals surface area contributed by atoms with Crippen LogP contribution in [0.25, 0.3) is 10.4 Å². The van der Waals surface area contributed by atoms with Gasteiger partial charge in [0, 0.05) is 43.0 Å². The fraction of sp³-hybridized carbons (Fsp3) is 0.886. The number of rotatable bonds is 10. The van der Waals surface area contributed by atoms with Crippen molar-refractivity contribution in [2.75, 3.05) is 34.3 Å². The van der Waals surface area contributed by atoms with E-state index in [4.69, 9.17) is 29.2 Å². The number of esters is 1. The van der Waals surface area contributed by atoms with Crippen molar-refractivity contribution in [3.63, 3.8) is 0 Å². The molecule has 0 aromatic heterocycles. The van der Waals surface area contributed by atoms with Crippen LogP contribution in [-0.4, -0.2) is 133 Å². The summed E-state index contributed by atoms with van der Waals surface area (Å²) in [7, 11) is 5.18. The number of aliphatic hydroxyl groups is 1. The van der Waals surface area contributed by atoms with Crippen molar-refractivity contribution >= 4 is 23.8 Å². The molecule has 0 aromatic rings. The molecule has 0 aliphatic carbocycles. The van der Waals surface area contributed by atoms with Crippen LogP contribution in [0.15, 0.2) is 5.11 Å². The number of cyclic esters (lactones) is 1. The number of likely N-dealkylation sites (N-methyl/N-ethyl adjacent to an activating group) is 1. The number of azide groups is 1. The van der Waals surface area contributed by atoms with Crippen LogP contribution < -0.4 is 5.32 Å². The van der Waals surface area contributed by atoms with Gasteiger partial charge in [-0.15, -0.1) is 0 Å². The van der Waals surface area contributed by atoms with E-state index in [1.54, 1.807) is 41.5 Å². The van der Waals surface area contributed by atoms with Gasteiger partial charge in [0.05, 0.1) is 29.9 Å². The zero-order chi connectivity index (χ0) is 38.4. The van der Waals surface area contributed by atoms with E-state index >= 15 is 0 Å². The zero-order valence-corrected chi connectivity index (χ0v) is 32.2. The number of hydrogen-bond acceptors (Lipinski definition) is 12. The van der Waals surface area contributed by atoms with E-state index < -0.39 is 83.5 Å². The fourth-order valence-corrected chi connectivity index (χ4v) is 8.05. The molecule has 0 saturated carbocycles. The summed E-state index contributed by atoms with van der Waals surface area (Å²) >= 11 is 0. The maximum atomic E-state index is 14.2. The number of nitrogens with zero attached hydrogens (tertiary/aromatic N) is 5. The molecule has 0 radical (unpaired) electrons. The standard InChI is InChI=1S/C35H60N6O10/c1-12-25-35(8)28(41(33(46)51-35)16-14-13-15-37-39-36)23(6)38-30(44)19(2)18-34(7,47-11)29(21(4)26(42)22(5)31(45)49-25)50-32-27(43)24(40(9)10)17-20(3)48-32/h19-25,27-29,32,43H,12-18H2,1-11H3,(H,38,44)/t19-,20?,21+,22?,23-,24?,25-,27?,28-,29-,32+,34-,35-/m1/s1. The van der Waals surface area contributed by atoms with Crippen LogP contribution in [0.5, 0.6) is 0 Å². The summed E-state index contributed by atoms with van der Waals surface area (Å²) in [6.45, 7) is 14.2. The van der Waals surface area contributed by atoms with Crippen molar-refractivity contribution in [1.29, 1.82) is 0 Å². The zero-order valence-electron chi connectivity index (χ0n) is 32.2. The largest absolute Gasteiger partial charge is 0.458 e. The molecule has 3 rings (SSSR count). The quantitative estimate of drug-likeness (QED) is 0.0833. The lowest BCUT2D eigenvalue weighted by Gasteiger charge is -2.46. The molecule has 13 atom stereocenters. The van der Waals surface area contributed by atoms with Gasteiger partial charge in [-0.05, 0) is 86.3 Å². The Bertz CT molecular complexity index is 1300. The highest BCUT2D eigenvalue weighted by atomic mass is 16.7. The lowest BCUT2D eigenvalue weighted by molar-refractivity contribution is -0.295. The molecule has 0 aromatic carbocycles. The Kier molecular flexibility index (Phi) is 14.7. The Labute approximate surface area is 301 Å². The van der Waals surface area contributed by atoms with Gasteiger partial charge < -0.3 is 39.0 Å². The number of Topliss-reactive ketones (excluding diaryl/α,β-unsaturated/α-hetero) is 1. The lowest BCUT2D eigenvalue weighted by atomic mass is 9.78. The number of aliphatic hydroxyl groups excluding tert-OH is 1. The summed E-state index contributed by atoms with van der Waals surface area (Å²) in [5, 5.41) is 18.0. The summed E-state index contributed by atoms with van der Waals surface area (Å²) in [6, 6.07) is -1.71. The second-order valence-electron chi connectivity index (χ2n) is 15.1. The molecule has 0 bridgehead atoms. The van der Waals surface area contributed by atoms with Crippen LogP contribution in [0.4, 0.5) is 4.79 Å². The average Bonchev–Trinajstić information content (AvgIpc) is 3.34. The van der Waals surface area contributed by atoms with Crippen LogP contribution in [0.1, 0.15) is 87.5 Å². The molecule has 0 spiro atoms. The molecule has 16 heteroatoms. The Morgan fingerprint density at radius 1 is 1.12 bits per heavy atom. The Morgan fingerprint density at radius 3 is 2.37 bits per heavy atom. The first-order valence-corrected chi connectivity index (χ1v) is 18.1. The number of carbonyl (C=O) groups excluding carboxylic acids is 4. The van der Waals surface area contributed by atoms with Crippen LogP contribution in [-0.2, 0) is 38.1 Å². The van der Waals surface area contributed by atoms with Crippen molar-refractivity contribution in [3.8, 4) is 0 Å². The summed E-state index contributed by atoms with van der Waals surface area (Å²) in [4.78, 5) is 61.6. The number of ketones is 1. The molecule has 2 N–H and O–H groups in total. The lowest BCUT2D eigenvalue weighted by Crippen LogP contribution is -2.61. The van der Waals surface area contributed by atoms with E-state index in [0.29, 0.717) is 19.3 Å². The minimum absolute atomic E-state index is 0.0940. The molecule has 3 fully saturated rings. The van der Waals surface area contributed by atoms with Gasteiger partial charge >= 0.3 is 12.1 Å². The molecule has 2 amide bonds. The molecule has 4 unspecified atom stereocenters. The summed E-state index contributed by atoms with van der Waals surface area (Å²) < 4.78 is 30.7. The maximum Gasteiger partial charge on any atom is 0.410 e.